The van der Waals surface area contributed by atoms with Crippen LogP contribution in [-0.2, 0) is 11.3 Å². The lowest BCUT2D eigenvalue weighted by atomic mass is 10.1. The molecule has 1 aromatic rings. The van der Waals surface area contributed by atoms with Crippen LogP contribution < -0.4 is 11.1 Å². The molecule has 0 saturated carbocycles. The van der Waals surface area contributed by atoms with E-state index in [1.165, 1.54) is 6.26 Å². The van der Waals surface area contributed by atoms with E-state index in [1.807, 2.05) is 13.8 Å². The van der Waals surface area contributed by atoms with Crippen LogP contribution in [0.2, 0.25) is 0 Å². The average Bonchev–Trinajstić information content (AvgIpc) is 2.74. The highest BCUT2D eigenvalue weighted by Gasteiger charge is 2.18. The number of rotatable bonds is 5. The summed E-state index contributed by atoms with van der Waals surface area (Å²) in [5, 5.41) is 2.76. The Balaban J connectivity index is 2.53. The van der Waals surface area contributed by atoms with Crippen LogP contribution in [0.3, 0.4) is 0 Å². The number of carbonyl (C=O) groups excluding carboxylic acids is 1. The third-order valence-electron chi connectivity index (χ3n) is 2.34. The minimum atomic E-state index is -0.379. The summed E-state index contributed by atoms with van der Waals surface area (Å²) in [6.07, 6.45) is 1.40. The van der Waals surface area contributed by atoms with E-state index in [4.69, 9.17) is 14.9 Å². The van der Waals surface area contributed by atoms with Gasteiger partial charge in [-0.2, -0.15) is 0 Å². The molecule has 0 radical (unpaired) electrons. The highest BCUT2D eigenvalue weighted by atomic mass is 16.5. The van der Waals surface area contributed by atoms with Gasteiger partial charge in [-0.05, 0) is 19.9 Å². The third-order valence-corrected chi connectivity index (χ3v) is 2.34. The molecule has 1 heterocycles. The van der Waals surface area contributed by atoms with Crippen LogP contribution in [0.15, 0.2) is 16.7 Å². The molecule has 0 saturated heterocycles. The van der Waals surface area contributed by atoms with Crippen molar-refractivity contribution in [2.45, 2.75) is 26.0 Å². The maximum absolute atomic E-state index is 11.7. The molecule has 0 aliphatic carbocycles. The van der Waals surface area contributed by atoms with E-state index in [1.54, 1.807) is 13.2 Å². The summed E-state index contributed by atoms with van der Waals surface area (Å²) in [4.78, 5) is 11.7. The number of furan rings is 1. The Hall–Kier alpha value is -1.33. The smallest absolute Gasteiger partial charge is 0.254 e. The van der Waals surface area contributed by atoms with Gasteiger partial charge in [0, 0.05) is 13.7 Å². The number of amides is 1. The van der Waals surface area contributed by atoms with Gasteiger partial charge in [-0.1, -0.05) is 0 Å². The molecule has 5 heteroatoms. The fourth-order valence-corrected chi connectivity index (χ4v) is 1.07. The number of methoxy groups -OCH3 is 1. The second-order valence-corrected chi connectivity index (χ2v) is 4.15. The van der Waals surface area contributed by atoms with Gasteiger partial charge in [0.25, 0.3) is 5.91 Å². The van der Waals surface area contributed by atoms with Crippen LogP contribution >= 0.6 is 0 Å². The highest BCUT2D eigenvalue weighted by molar-refractivity contribution is 5.94. The molecule has 0 aliphatic heterocycles. The first-order valence-electron chi connectivity index (χ1n) is 5.09. The van der Waals surface area contributed by atoms with Gasteiger partial charge in [-0.15, -0.1) is 0 Å². The zero-order chi connectivity index (χ0) is 12.2. The summed E-state index contributed by atoms with van der Waals surface area (Å²) in [6.45, 7) is 4.52. The van der Waals surface area contributed by atoms with Crippen molar-refractivity contribution < 1.29 is 13.9 Å². The highest BCUT2D eigenvalue weighted by Crippen LogP contribution is 2.08. The lowest BCUT2D eigenvalue weighted by molar-refractivity contribution is 0.0228. The zero-order valence-corrected chi connectivity index (χ0v) is 9.87. The van der Waals surface area contributed by atoms with Crippen molar-refractivity contribution >= 4 is 5.91 Å². The van der Waals surface area contributed by atoms with E-state index in [-0.39, 0.29) is 18.1 Å². The van der Waals surface area contributed by atoms with E-state index >= 15 is 0 Å². The Morgan fingerprint density at radius 1 is 1.62 bits per heavy atom. The fourth-order valence-electron chi connectivity index (χ4n) is 1.07. The van der Waals surface area contributed by atoms with E-state index in [2.05, 4.69) is 5.32 Å². The molecule has 0 fully saturated rings. The van der Waals surface area contributed by atoms with Crippen LogP contribution in [0.4, 0.5) is 0 Å². The molecule has 0 unspecified atom stereocenters. The second-order valence-electron chi connectivity index (χ2n) is 4.15. The minimum absolute atomic E-state index is 0.187. The summed E-state index contributed by atoms with van der Waals surface area (Å²) in [6, 6.07) is 1.63. The van der Waals surface area contributed by atoms with Crippen molar-refractivity contribution in [3.63, 3.8) is 0 Å². The third kappa shape index (κ3) is 3.36. The first-order valence-corrected chi connectivity index (χ1v) is 5.09. The van der Waals surface area contributed by atoms with E-state index in [9.17, 15) is 4.79 Å². The summed E-state index contributed by atoms with van der Waals surface area (Å²) in [5.74, 6) is 0.407. The van der Waals surface area contributed by atoms with Gasteiger partial charge in [0.15, 0.2) is 0 Å². The molecule has 0 aromatic carbocycles. The Bertz CT molecular complexity index is 358. The maximum Gasteiger partial charge on any atom is 0.254 e. The average molecular weight is 226 g/mol. The Morgan fingerprint density at radius 2 is 2.31 bits per heavy atom. The molecule has 3 N–H and O–H groups in total. The molecule has 1 aromatic heterocycles. The predicted octanol–water partition coefficient (Wildman–Crippen LogP) is 0.893. The van der Waals surface area contributed by atoms with Crippen LogP contribution in [0.25, 0.3) is 0 Å². The number of hydrogen-bond acceptors (Lipinski definition) is 4. The quantitative estimate of drug-likeness (QED) is 0.781. The number of carbonyl (C=O) groups is 1. The van der Waals surface area contributed by atoms with Crippen molar-refractivity contribution in [2.75, 3.05) is 13.7 Å². The molecule has 16 heavy (non-hydrogen) atoms. The molecule has 5 nitrogen and oxygen atoms in total. The summed E-state index contributed by atoms with van der Waals surface area (Å²) >= 11 is 0. The van der Waals surface area contributed by atoms with Crippen molar-refractivity contribution in [2.24, 2.45) is 5.73 Å². The molecule has 0 spiro atoms. The molecular formula is C11H18N2O3. The van der Waals surface area contributed by atoms with E-state index in [0.717, 1.165) is 0 Å². The van der Waals surface area contributed by atoms with E-state index in [0.29, 0.717) is 17.9 Å². The molecule has 0 atom stereocenters. The molecule has 0 bridgehead atoms. The fraction of sp³-hybridized carbons (Fsp3) is 0.545. The van der Waals surface area contributed by atoms with E-state index < -0.39 is 0 Å². The molecule has 90 valence electrons. The van der Waals surface area contributed by atoms with Gasteiger partial charge in [0.2, 0.25) is 0 Å². The normalized spacial score (nSPS) is 11.5. The number of hydrogen-bond donors (Lipinski definition) is 2. The summed E-state index contributed by atoms with van der Waals surface area (Å²) in [5.41, 5.74) is 5.48. The predicted molar refractivity (Wildman–Crippen MR) is 60.0 cm³/mol. The first-order chi connectivity index (χ1) is 7.48. The van der Waals surface area contributed by atoms with Gasteiger partial charge in [-0.3, -0.25) is 4.79 Å². The van der Waals surface area contributed by atoms with Crippen LogP contribution in [-0.4, -0.2) is 25.2 Å². The Morgan fingerprint density at radius 3 is 2.81 bits per heavy atom. The largest absolute Gasteiger partial charge is 0.467 e. The lowest BCUT2D eigenvalue weighted by Crippen LogP contribution is -2.39. The van der Waals surface area contributed by atoms with Crippen molar-refractivity contribution in [3.8, 4) is 0 Å². The standard InChI is InChI=1S/C11H18N2O3/c1-11(2,15-3)7-13-10(14)8-4-9(5-12)16-6-8/h4,6H,5,7,12H2,1-3H3,(H,13,14). The van der Waals surface area contributed by atoms with Crippen molar-refractivity contribution in [3.05, 3.63) is 23.7 Å². The van der Waals surface area contributed by atoms with Gasteiger partial charge < -0.3 is 20.2 Å². The monoisotopic (exact) mass is 226 g/mol. The molecule has 0 aliphatic rings. The summed E-state index contributed by atoms with van der Waals surface area (Å²) in [7, 11) is 1.61. The lowest BCUT2D eigenvalue weighted by Gasteiger charge is -2.22. The maximum atomic E-state index is 11.7. The van der Waals surface area contributed by atoms with Crippen LogP contribution in [0, 0.1) is 0 Å². The van der Waals surface area contributed by atoms with Gasteiger partial charge in [0.05, 0.1) is 17.7 Å². The van der Waals surface area contributed by atoms with Crippen molar-refractivity contribution in [1.82, 2.24) is 5.32 Å². The second kappa shape index (κ2) is 5.14. The van der Waals surface area contributed by atoms with Gasteiger partial charge in [0.1, 0.15) is 12.0 Å². The zero-order valence-electron chi connectivity index (χ0n) is 9.87. The molecular weight excluding hydrogens is 208 g/mol. The van der Waals surface area contributed by atoms with Crippen molar-refractivity contribution in [1.29, 1.82) is 0 Å². The van der Waals surface area contributed by atoms with Crippen LogP contribution in [0.5, 0.6) is 0 Å². The number of nitrogens with one attached hydrogen (secondary N) is 1. The SMILES string of the molecule is COC(C)(C)CNC(=O)c1coc(CN)c1. The molecule has 1 amide bonds. The Labute approximate surface area is 94.9 Å². The Kier molecular flexibility index (Phi) is 4.09. The minimum Gasteiger partial charge on any atom is -0.467 e. The topological polar surface area (TPSA) is 77.5 Å². The van der Waals surface area contributed by atoms with Gasteiger partial charge >= 0.3 is 0 Å². The van der Waals surface area contributed by atoms with Crippen LogP contribution in [0.1, 0.15) is 30.0 Å². The van der Waals surface area contributed by atoms with Gasteiger partial charge in [-0.25, -0.2) is 0 Å². The first kappa shape index (κ1) is 12.7. The number of nitrogens with two attached hydrogens (primary N) is 1. The number of ether oxygens (including phenoxy) is 1. The molecule has 1 rings (SSSR count). The summed E-state index contributed by atoms with van der Waals surface area (Å²) < 4.78 is 10.3.